The van der Waals surface area contributed by atoms with Crippen LogP contribution in [0.3, 0.4) is 0 Å². The molecule has 1 aromatic rings. The van der Waals surface area contributed by atoms with E-state index in [9.17, 15) is 14.4 Å². The van der Waals surface area contributed by atoms with Crippen molar-refractivity contribution in [3.8, 4) is 0 Å². The number of ether oxygens (including phenoxy) is 1. The third kappa shape index (κ3) is 5.00. The normalized spacial score (nSPS) is 19.3. The van der Waals surface area contributed by atoms with Crippen molar-refractivity contribution >= 4 is 23.5 Å². The van der Waals surface area contributed by atoms with Crippen molar-refractivity contribution in [2.24, 2.45) is 5.92 Å². The summed E-state index contributed by atoms with van der Waals surface area (Å²) in [6.45, 7) is 3.11. The van der Waals surface area contributed by atoms with Crippen LogP contribution in [0.15, 0.2) is 35.9 Å². The zero-order chi connectivity index (χ0) is 19.9. The Labute approximate surface area is 165 Å². The van der Waals surface area contributed by atoms with Gasteiger partial charge in [0.1, 0.15) is 0 Å². The molecular weight excluding hydrogens is 356 g/mol. The van der Waals surface area contributed by atoms with Crippen LogP contribution in [0.5, 0.6) is 0 Å². The molecule has 2 aliphatic rings. The van der Waals surface area contributed by atoms with Gasteiger partial charge in [-0.05, 0) is 51.2 Å². The Morgan fingerprint density at radius 1 is 1.25 bits per heavy atom. The molecule has 1 heterocycles. The van der Waals surface area contributed by atoms with Gasteiger partial charge in [0, 0.05) is 19.5 Å². The van der Waals surface area contributed by atoms with Crippen LogP contribution < -0.4 is 5.32 Å². The van der Waals surface area contributed by atoms with Gasteiger partial charge in [0.15, 0.2) is 0 Å². The molecule has 1 aliphatic heterocycles. The maximum atomic E-state index is 12.7. The molecular formula is C22H28N2O4. The Bertz CT molecular complexity index is 772. The SMILES string of the molecule is CCOC(=O)c1ccccc1NC(=O)C1CC(=O)N(CCC2=CCCCC2)C1. The van der Waals surface area contributed by atoms with Gasteiger partial charge in [-0.15, -0.1) is 0 Å². The number of hydrogen-bond donors (Lipinski definition) is 1. The fourth-order valence-electron chi connectivity index (χ4n) is 3.79. The molecule has 0 spiro atoms. The number of amides is 2. The number of para-hydroxylation sites is 1. The Morgan fingerprint density at radius 3 is 2.82 bits per heavy atom. The van der Waals surface area contributed by atoms with E-state index in [1.165, 1.54) is 18.4 Å². The molecule has 1 atom stereocenters. The largest absolute Gasteiger partial charge is 0.462 e. The van der Waals surface area contributed by atoms with Crippen LogP contribution in [0.4, 0.5) is 5.69 Å². The van der Waals surface area contributed by atoms with Gasteiger partial charge in [-0.3, -0.25) is 9.59 Å². The second kappa shape index (κ2) is 9.53. The van der Waals surface area contributed by atoms with Gasteiger partial charge in [0.25, 0.3) is 0 Å². The number of benzene rings is 1. The summed E-state index contributed by atoms with van der Waals surface area (Å²) < 4.78 is 5.04. The fourth-order valence-corrected chi connectivity index (χ4v) is 3.79. The van der Waals surface area contributed by atoms with Crippen LogP contribution in [-0.2, 0) is 14.3 Å². The first-order valence-corrected chi connectivity index (χ1v) is 10.1. The van der Waals surface area contributed by atoms with Crippen molar-refractivity contribution < 1.29 is 19.1 Å². The van der Waals surface area contributed by atoms with Crippen molar-refractivity contribution in [1.29, 1.82) is 0 Å². The standard InChI is InChI=1S/C22H28N2O4/c1-2-28-22(27)18-10-6-7-11-19(18)23-21(26)17-14-20(25)24(15-17)13-12-16-8-4-3-5-9-16/h6-8,10-11,17H,2-5,9,12-15H2,1H3,(H,23,26). The molecule has 0 aromatic heterocycles. The summed E-state index contributed by atoms with van der Waals surface area (Å²) in [4.78, 5) is 38.9. The molecule has 0 bridgehead atoms. The first-order chi connectivity index (χ1) is 13.6. The summed E-state index contributed by atoms with van der Waals surface area (Å²) in [5, 5.41) is 2.81. The zero-order valence-electron chi connectivity index (χ0n) is 16.4. The van der Waals surface area contributed by atoms with Crippen LogP contribution in [0, 0.1) is 5.92 Å². The van der Waals surface area contributed by atoms with Crippen molar-refractivity contribution in [1.82, 2.24) is 4.90 Å². The molecule has 6 heteroatoms. The predicted octanol–water partition coefficient (Wildman–Crippen LogP) is 3.54. The van der Waals surface area contributed by atoms with E-state index in [1.807, 2.05) is 0 Å². The number of nitrogens with zero attached hydrogens (tertiary/aromatic N) is 1. The number of rotatable bonds is 7. The lowest BCUT2D eigenvalue weighted by molar-refractivity contribution is -0.128. The smallest absolute Gasteiger partial charge is 0.340 e. The number of nitrogens with one attached hydrogen (secondary N) is 1. The highest BCUT2D eigenvalue weighted by molar-refractivity contribution is 6.03. The lowest BCUT2D eigenvalue weighted by atomic mass is 9.97. The van der Waals surface area contributed by atoms with Crippen molar-refractivity contribution in [3.05, 3.63) is 41.5 Å². The van der Waals surface area contributed by atoms with Crippen LogP contribution in [0.2, 0.25) is 0 Å². The van der Waals surface area contributed by atoms with Gasteiger partial charge < -0.3 is 15.0 Å². The summed E-state index contributed by atoms with van der Waals surface area (Å²) in [5.41, 5.74) is 2.17. The molecule has 6 nitrogen and oxygen atoms in total. The number of anilines is 1. The monoisotopic (exact) mass is 384 g/mol. The predicted molar refractivity (Wildman–Crippen MR) is 107 cm³/mol. The summed E-state index contributed by atoms with van der Waals surface area (Å²) in [5.74, 6) is -1.08. The molecule has 0 saturated carbocycles. The zero-order valence-corrected chi connectivity index (χ0v) is 16.4. The molecule has 28 heavy (non-hydrogen) atoms. The topological polar surface area (TPSA) is 75.7 Å². The number of esters is 1. The Morgan fingerprint density at radius 2 is 2.07 bits per heavy atom. The second-order valence-electron chi connectivity index (χ2n) is 7.35. The maximum absolute atomic E-state index is 12.7. The molecule has 1 unspecified atom stereocenters. The second-order valence-corrected chi connectivity index (χ2v) is 7.35. The van der Waals surface area contributed by atoms with Crippen LogP contribution in [0.25, 0.3) is 0 Å². The lowest BCUT2D eigenvalue weighted by Gasteiger charge is -2.19. The minimum atomic E-state index is -0.469. The van der Waals surface area contributed by atoms with E-state index in [2.05, 4.69) is 11.4 Å². The first-order valence-electron chi connectivity index (χ1n) is 10.1. The van der Waals surface area contributed by atoms with Gasteiger partial charge in [0.05, 0.1) is 23.8 Å². The maximum Gasteiger partial charge on any atom is 0.340 e. The third-order valence-corrected chi connectivity index (χ3v) is 5.35. The number of hydrogen-bond acceptors (Lipinski definition) is 4. The molecule has 1 aromatic carbocycles. The van der Waals surface area contributed by atoms with Gasteiger partial charge >= 0.3 is 5.97 Å². The van der Waals surface area contributed by atoms with E-state index < -0.39 is 11.9 Å². The number of carbonyl (C=O) groups excluding carboxylic acids is 3. The van der Waals surface area contributed by atoms with Crippen LogP contribution in [-0.4, -0.2) is 42.4 Å². The summed E-state index contributed by atoms with van der Waals surface area (Å²) in [6, 6.07) is 6.77. The lowest BCUT2D eigenvalue weighted by Crippen LogP contribution is -2.29. The highest BCUT2D eigenvalue weighted by atomic mass is 16.5. The number of allylic oxidation sites excluding steroid dienone is 1. The molecule has 150 valence electrons. The highest BCUT2D eigenvalue weighted by Crippen LogP contribution is 2.25. The van der Waals surface area contributed by atoms with Crippen molar-refractivity contribution in [2.45, 2.75) is 45.4 Å². The number of carbonyl (C=O) groups is 3. The minimum Gasteiger partial charge on any atom is -0.462 e. The highest BCUT2D eigenvalue weighted by Gasteiger charge is 2.34. The van der Waals surface area contributed by atoms with E-state index in [1.54, 1.807) is 36.1 Å². The first kappa shape index (κ1) is 20.1. The van der Waals surface area contributed by atoms with Gasteiger partial charge in [-0.25, -0.2) is 4.79 Å². The Kier molecular flexibility index (Phi) is 6.85. The van der Waals surface area contributed by atoms with Gasteiger partial charge in [-0.2, -0.15) is 0 Å². The molecule has 2 amide bonds. The number of likely N-dealkylation sites (tertiary alicyclic amines) is 1. The minimum absolute atomic E-state index is 0.0234. The van der Waals surface area contributed by atoms with E-state index in [-0.39, 0.29) is 24.8 Å². The van der Waals surface area contributed by atoms with E-state index in [0.717, 1.165) is 19.3 Å². The third-order valence-electron chi connectivity index (χ3n) is 5.35. The summed E-state index contributed by atoms with van der Waals surface area (Å²) >= 11 is 0. The van der Waals surface area contributed by atoms with Crippen LogP contribution in [0.1, 0.15) is 55.8 Å². The summed E-state index contributed by atoms with van der Waals surface area (Å²) in [7, 11) is 0. The molecule has 1 N–H and O–H groups in total. The van der Waals surface area contributed by atoms with Crippen molar-refractivity contribution in [3.63, 3.8) is 0 Å². The van der Waals surface area contributed by atoms with Gasteiger partial charge in [0.2, 0.25) is 11.8 Å². The van der Waals surface area contributed by atoms with E-state index in [0.29, 0.717) is 24.3 Å². The average Bonchev–Trinajstić information content (AvgIpc) is 3.08. The summed E-state index contributed by atoms with van der Waals surface area (Å²) in [6.07, 6.45) is 8.13. The molecule has 3 rings (SSSR count). The quantitative estimate of drug-likeness (QED) is 0.576. The van der Waals surface area contributed by atoms with Crippen molar-refractivity contribution in [2.75, 3.05) is 25.0 Å². The van der Waals surface area contributed by atoms with E-state index >= 15 is 0 Å². The average molecular weight is 384 g/mol. The fraction of sp³-hybridized carbons (Fsp3) is 0.500. The van der Waals surface area contributed by atoms with E-state index in [4.69, 9.17) is 4.74 Å². The molecule has 1 aliphatic carbocycles. The Hall–Kier alpha value is -2.63. The molecule has 1 saturated heterocycles. The Balaban J connectivity index is 1.57. The molecule has 1 fully saturated rings. The molecule has 0 radical (unpaired) electrons. The van der Waals surface area contributed by atoms with Gasteiger partial charge in [-0.1, -0.05) is 23.8 Å². The van der Waals surface area contributed by atoms with Crippen LogP contribution >= 0.6 is 0 Å².